The van der Waals surface area contributed by atoms with Crippen LogP contribution in [0.3, 0.4) is 0 Å². The van der Waals surface area contributed by atoms with Gasteiger partial charge in [0.25, 0.3) is 5.91 Å². The molecule has 0 aliphatic rings. The van der Waals surface area contributed by atoms with Gasteiger partial charge in [-0.3, -0.25) is 20.3 Å². The lowest BCUT2D eigenvalue weighted by Gasteiger charge is -2.08. The smallest absolute Gasteiger partial charge is 0.350 e. The van der Waals surface area contributed by atoms with Gasteiger partial charge in [-0.05, 0) is 6.92 Å². The van der Waals surface area contributed by atoms with Gasteiger partial charge in [0.15, 0.2) is 0 Å². The van der Waals surface area contributed by atoms with E-state index < -0.39 is 16.9 Å². The summed E-state index contributed by atoms with van der Waals surface area (Å²) in [4.78, 5) is 21.1. The summed E-state index contributed by atoms with van der Waals surface area (Å²) in [7, 11) is 1.26. The second-order valence-electron chi connectivity index (χ2n) is 2.95. The number of hydrogen-bond acceptors (Lipinski definition) is 6. The Labute approximate surface area is 90.3 Å². The van der Waals surface area contributed by atoms with E-state index in [2.05, 4.69) is 5.10 Å². The van der Waals surface area contributed by atoms with Crippen molar-refractivity contribution in [3.63, 3.8) is 0 Å². The van der Waals surface area contributed by atoms with Crippen molar-refractivity contribution in [1.29, 1.82) is 0 Å². The number of ether oxygens (including phenoxy) is 1. The number of aromatic nitrogens is 2. The fraction of sp³-hybridized carbons (Fsp3) is 0.429. The highest BCUT2D eigenvalue weighted by Gasteiger charge is 2.24. The second kappa shape index (κ2) is 4.57. The highest BCUT2D eigenvalue weighted by molar-refractivity contribution is 5.79. The zero-order chi connectivity index (χ0) is 12.3. The quantitative estimate of drug-likeness (QED) is 0.306. The number of carbonyl (C=O) groups excluding carboxylic acids is 1. The zero-order valence-electron chi connectivity index (χ0n) is 8.71. The molecule has 0 fully saturated rings. The molecule has 3 N–H and O–H groups in total. The maximum atomic E-state index is 11.2. The van der Waals surface area contributed by atoms with Crippen LogP contribution in [0.4, 0.5) is 5.69 Å². The summed E-state index contributed by atoms with van der Waals surface area (Å²) in [6.45, 7) is 1.50. The van der Waals surface area contributed by atoms with Gasteiger partial charge in [-0.15, -0.1) is 5.10 Å². The molecule has 0 aliphatic heterocycles. The predicted molar refractivity (Wildman–Crippen MR) is 52.5 cm³/mol. The van der Waals surface area contributed by atoms with Crippen molar-refractivity contribution < 1.29 is 14.5 Å². The molecule has 1 rings (SSSR count). The molecular formula is C7H11N5O4. The lowest BCUT2D eigenvalue weighted by molar-refractivity contribution is -0.385. The molecule has 0 saturated heterocycles. The van der Waals surface area contributed by atoms with Crippen LogP contribution in [0.25, 0.3) is 0 Å². The van der Waals surface area contributed by atoms with Crippen LogP contribution >= 0.6 is 0 Å². The van der Waals surface area contributed by atoms with Crippen LogP contribution in [-0.4, -0.2) is 27.7 Å². The fourth-order valence-electron chi connectivity index (χ4n) is 1.08. The molecule has 1 aromatic heterocycles. The Morgan fingerprint density at radius 2 is 2.44 bits per heavy atom. The third kappa shape index (κ3) is 2.08. The van der Waals surface area contributed by atoms with Gasteiger partial charge in [-0.1, -0.05) is 0 Å². The van der Waals surface area contributed by atoms with Crippen LogP contribution in [0.5, 0.6) is 5.88 Å². The number of rotatable bonds is 4. The van der Waals surface area contributed by atoms with Crippen LogP contribution in [0.2, 0.25) is 0 Å². The van der Waals surface area contributed by atoms with Gasteiger partial charge in [0.1, 0.15) is 12.2 Å². The Balaban J connectivity index is 3.07. The average Bonchev–Trinajstić information content (AvgIpc) is 2.70. The summed E-state index contributed by atoms with van der Waals surface area (Å²) in [6.07, 6.45) is 1.11. The van der Waals surface area contributed by atoms with Crippen LogP contribution in [-0.2, 0) is 4.79 Å². The van der Waals surface area contributed by atoms with Crippen molar-refractivity contribution in [3.05, 3.63) is 16.3 Å². The number of nitrogens with two attached hydrogens (primary N) is 1. The minimum Gasteiger partial charge on any atom is -0.475 e. The Bertz CT molecular complexity index is 415. The normalized spacial score (nSPS) is 11.9. The lowest BCUT2D eigenvalue weighted by atomic mass is 10.3. The molecule has 0 radical (unpaired) electrons. The van der Waals surface area contributed by atoms with Gasteiger partial charge in [-0.2, -0.15) is 0 Å². The van der Waals surface area contributed by atoms with E-state index >= 15 is 0 Å². The van der Waals surface area contributed by atoms with E-state index in [9.17, 15) is 14.9 Å². The Morgan fingerprint density at radius 3 is 2.81 bits per heavy atom. The highest BCUT2D eigenvalue weighted by atomic mass is 16.6. The van der Waals surface area contributed by atoms with Gasteiger partial charge in [0.2, 0.25) is 0 Å². The third-order valence-corrected chi connectivity index (χ3v) is 1.99. The van der Waals surface area contributed by atoms with Crippen molar-refractivity contribution >= 4 is 11.6 Å². The minimum atomic E-state index is -0.757. The number of methoxy groups -OCH3 is 1. The largest absolute Gasteiger partial charge is 0.475 e. The van der Waals surface area contributed by atoms with Crippen LogP contribution in [0.1, 0.15) is 13.0 Å². The summed E-state index contributed by atoms with van der Waals surface area (Å²) in [5.41, 5.74) is 1.62. The predicted octanol–water partition coefficient (Wildman–Crippen LogP) is -0.649. The van der Waals surface area contributed by atoms with Crippen molar-refractivity contribution in [2.24, 2.45) is 5.84 Å². The van der Waals surface area contributed by atoms with Crippen molar-refractivity contribution in [2.45, 2.75) is 13.0 Å². The molecule has 88 valence electrons. The minimum absolute atomic E-state index is 0.151. The van der Waals surface area contributed by atoms with Gasteiger partial charge in [0, 0.05) is 0 Å². The fourth-order valence-corrected chi connectivity index (χ4v) is 1.08. The summed E-state index contributed by atoms with van der Waals surface area (Å²) in [6, 6.07) is -0.757. The lowest BCUT2D eigenvalue weighted by Crippen LogP contribution is -2.36. The number of nitrogens with one attached hydrogen (secondary N) is 1. The van der Waals surface area contributed by atoms with Crippen LogP contribution in [0, 0.1) is 10.1 Å². The van der Waals surface area contributed by atoms with Crippen molar-refractivity contribution in [3.8, 4) is 5.88 Å². The molecule has 1 atom stereocenters. The molecular weight excluding hydrogens is 218 g/mol. The molecule has 9 heteroatoms. The van der Waals surface area contributed by atoms with Gasteiger partial charge in [0.05, 0.1) is 12.0 Å². The summed E-state index contributed by atoms with van der Waals surface area (Å²) < 4.78 is 5.82. The van der Waals surface area contributed by atoms with Crippen molar-refractivity contribution in [1.82, 2.24) is 15.2 Å². The summed E-state index contributed by atoms with van der Waals surface area (Å²) in [5, 5.41) is 14.4. The maximum absolute atomic E-state index is 11.2. The Kier molecular flexibility index (Phi) is 3.40. The van der Waals surface area contributed by atoms with E-state index in [1.807, 2.05) is 5.43 Å². The average molecular weight is 229 g/mol. The SMILES string of the molecule is COc1nn([C@H](C)C(=O)NN)cc1[N+](=O)[O-]. The standard InChI is InChI=1S/C7H11N5O4/c1-4(6(13)9-8)11-3-5(12(14)15)7(10-11)16-2/h3-4H,8H2,1-2H3,(H,9,13)/t4-/m1/s1. The summed E-state index contributed by atoms with van der Waals surface area (Å²) in [5.74, 6) is 4.28. The number of amides is 1. The maximum Gasteiger partial charge on any atom is 0.350 e. The Morgan fingerprint density at radius 1 is 1.81 bits per heavy atom. The Hall–Kier alpha value is -2.16. The van der Waals surface area contributed by atoms with Gasteiger partial charge < -0.3 is 4.74 Å². The molecule has 0 aromatic carbocycles. The molecule has 9 nitrogen and oxygen atoms in total. The second-order valence-corrected chi connectivity index (χ2v) is 2.95. The molecule has 0 aliphatic carbocycles. The number of hydrogen-bond donors (Lipinski definition) is 2. The first kappa shape index (κ1) is 11.9. The van der Waals surface area contributed by atoms with E-state index in [0.29, 0.717) is 0 Å². The van der Waals surface area contributed by atoms with E-state index in [4.69, 9.17) is 10.6 Å². The number of nitro groups is 1. The molecule has 0 bridgehead atoms. The number of hydrazine groups is 1. The van der Waals surface area contributed by atoms with E-state index in [0.717, 1.165) is 10.9 Å². The topological polar surface area (TPSA) is 125 Å². The molecule has 0 spiro atoms. The first-order chi connectivity index (χ1) is 7.51. The first-order valence-corrected chi connectivity index (χ1v) is 4.29. The molecule has 0 saturated carbocycles. The van der Waals surface area contributed by atoms with Gasteiger partial charge in [-0.25, -0.2) is 10.5 Å². The van der Waals surface area contributed by atoms with Gasteiger partial charge >= 0.3 is 11.6 Å². The first-order valence-electron chi connectivity index (χ1n) is 4.29. The highest BCUT2D eigenvalue weighted by Crippen LogP contribution is 2.25. The van der Waals surface area contributed by atoms with Crippen LogP contribution < -0.4 is 16.0 Å². The molecule has 1 aromatic rings. The van der Waals surface area contributed by atoms with E-state index in [1.165, 1.54) is 14.0 Å². The zero-order valence-corrected chi connectivity index (χ0v) is 8.71. The molecule has 1 amide bonds. The molecule has 1 heterocycles. The van der Waals surface area contributed by atoms with Crippen molar-refractivity contribution in [2.75, 3.05) is 7.11 Å². The van der Waals surface area contributed by atoms with Crippen LogP contribution in [0.15, 0.2) is 6.20 Å². The number of nitrogens with zero attached hydrogens (tertiary/aromatic N) is 3. The number of carbonyl (C=O) groups is 1. The van der Waals surface area contributed by atoms with E-state index in [-0.39, 0.29) is 11.6 Å². The van der Waals surface area contributed by atoms with E-state index in [1.54, 1.807) is 0 Å². The molecule has 16 heavy (non-hydrogen) atoms. The summed E-state index contributed by atoms with van der Waals surface area (Å²) >= 11 is 0. The third-order valence-electron chi connectivity index (χ3n) is 1.99. The monoisotopic (exact) mass is 229 g/mol. The molecule has 0 unspecified atom stereocenters.